The Balaban J connectivity index is 2.39. The van der Waals surface area contributed by atoms with Crippen molar-refractivity contribution in [2.45, 2.75) is 26.4 Å². The zero-order valence-electron chi connectivity index (χ0n) is 7.29. The van der Waals surface area contributed by atoms with Crippen molar-refractivity contribution in [3.05, 3.63) is 16.1 Å². The molecule has 0 spiro atoms. The molecule has 2 nitrogen and oxygen atoms in total. The van der Waals surface area contributed by atoms with E-state index in [2.05, 4.69) is 16.2 Å². The van der Waals surface area contributed by atoms with E-state index in [9.17, 15) is 0 Å². The SMILES string of the molecule is C#CC(C)NCc1nc(C)cs1. The molecule has 3 heteroatoms. The smallest absolute Gasteiger partial charge is 0.107 e. The van der Waals surface area contributed by atoms with Crippen LogP contribution in [-0.4, -0.2) is 11.0 Å². The van der Waals surface area contributed by atoms with Crippen molar-refractivity contribution in [1.29, 1.82) is 0 Å². The normalized spacial score (nSPS) is 12.4. The summed E-state index contributed by atoms with van der Waals surface area (Å²) < 4.78 is 0. The van der Waals surface area contributed by atoms with E-state index in [1.165, 1.54) is 0 Å². The summed E-state index contributed by atoms with van der Waals surface area (Å²) in [6.45, 7) is 4.72. The van der Waals surface area contributed by atoms with Gasteiger partial charge in [0.1, 0.15) is 5.01 Å². The molecule has 0 bridgehead atoms. The summed E-state index contributed by atoms with van der Waals surface area (Å²) in [5.41, 5.74) is 1.07. The predicted octanol–water partition coefficient (Wildman–Crippen LogP) is 1.56. The quantitative estimate of drug-likeness (QED) is 0.714. The van der Waals surface area contributed by atoms with E-state index in [0.717, 1.165) is 17.2 Å². The minimum atomic E-state index is 0.120. The van der Waals surface area contributed by atoms with Crippen LogP contribution in [0.3, 0.4) is 0 Å². The second kappa shape index (κ2) is 4.24. The van der Waals surface area contributed by atoms with Gasteiger partial charge in [0.2, 0.25) is 0 Å². The molecule has 1 rings (SSSR count). The number of terminal acetylenes is 1. The number of nitrogens with one attached hydrogen (secondary N) is 1. The zero-order valence-corrected chi connectivity index (χ0v) is 8.11. The lowest BCUT2D eigenvalue weighted by atomic mass is 10.3. The number of aryl methyl sites for hydroxylation is 1. The Kier molecular flexibility index (Phi) is 3.27. The molecule has 12 heavy (non-hydrogen) atoms. The molecular weight excluding hydrogens is 168 g/mol. The number of rotatable bonds is 3. The van der Waals surface area contributed by atoms with Crippen LogP contribution in [0.15, 0.2) is 5.38 Å². The van der Waals surface area contributed by atoms with E-state index < -0.39 is 0 Å². The maximum Gasteiger partial charge on any atom is 0.107 e. The van der Waals surface area contributed by atoms with E-state index in [1.54, 1.807) is 11.3 Å². The van der Waals surface area contributed by atoms with Crippen LogP contribution in [0, 0.1) is 19.3 Å². The average molecular weight is 180 g/mol. The number of aromatic nitrogens is 1. The molecule has 0 aliphatic heterocycles. The molecule has 0 aliphatic rings. The first kappa shape index (κ1) is 9.24. The van der Waals surface area contributed by atoms with Gasteiger partial charge in [0.25, 0.3) is 0 Å². The highest BCUT2D eigenvalue weighted by atomic mass is 32.1. The summed E-state index contributed by atoms with van der Waals surface area (Å²) in [6.07, 6.45) is 5.21. The Morgan fingerprint density at radius 3 is 3.08 bits per heavy atom. The van der Waals surface area contributed by atoms with E-state index in [1.807, 2.05) is 19.2 Å². The van der Waals surface area contributed by atoms with Crippen molar-refractivity contribution in [3.8, 4) is 12.3 Å². The van der Waals surface area contributed by atoms with Crippen LogP contribution < -0.4 is 5.32 Å². The van der Waals surface area contributed by atoms with Gasteiger partial charge in [0.05, 0.1) is 6.04 Å². The Bertz CT molecular complexity index is 285. The summed E-state index contributed by atoms with van der Waals surface area (Å²) in [4.78, 5) is 4.30. The van der Waals surface area contributed by atoms with Gasteiger partial charge in [-0.05, 0) is 13.8 Å². The van der Waals surface area contributed by atoms with Crippen molar-refractivity contribution in [2.75, 3.05) is 0 Å². The van der Waals surface area contributed by atoms with Crippen LogP contribution in [0.2, 0.25) is 0 Å². The summed E-state index contributed by atoms with van der Waals surface area (Å²) >= 11 is 1.66. The van der Waals surface area contributed by atoms with E-state index in [-0.39, 0.29) is 6.04 Å². The second-order valence-corrected chi connectivity index (χ2v) is 3.59. The maximum absolute atomic E-state index is 5.21. The number of hydrogen-bond donors (Lipinski definition) is 1. The predicted molar refractivity (Wildman–Crippen MR) is 52.0 cm³/mol. The van der Waals surface area contributed by atoms with E-state index >= 15 is 0 Å². The molecule has 0 saturated carbocycles. The van der Waals surface area contributed by atoms with Crippen molar-refractivity contribution >= 4 is 11.3 Å². The van der Waals surface area contributed by atoms with Crippen molar-refractivity contribution in [1.82, 2.24) is 10.3 Å². The molecule has 1 heterocycles. The van der Waals surface area contributed by atoms with Gasteiger partial charge in [-0.1, -0.05) is 5.92 Å². The Morgan fingerprint density at radius 1 is 1.83 bits per heavy atom. The molecule has 0 saturated heterocycles. The maximum atomic E-state index is 5.21. The summed E-state index contributed by atoms with van der Waals surface area (Å²) in [5, 5.41) is 6.31. The lowest BCUT2D eigenvalue weighted by Gasteiger charge is -2.03. The molecule has 1 aromatic heterocycles. The van der Waals surface area contributed by atoms with Gasteiger partial charge in [-0.2, -0.15) is 0 Å². The van der Waals surface area contributed by atoms with Crippen LogP contribution >= 0.6 is 11.3 Å². The lowest BCUT2D eigenvalue weighted by molar-refractivity contribution is 0.645. The largest absolute Gasteiger partial charge is 0.297 e. The molecule has 0 fully saturated rings. The topological polar surface area (TPSA) is 24.9 Å². The highest BCUT2D eigenvalue weighted by Crippen LogP contribution is 2.07. The fourth-order valence-electron chi connectivity index (χ4n) is 0.783. The van der Waals surface area contributed by atoms with Crippen LogP contribution in [0.5, 0.6) is 0 Å². The molecule has 0 amide bonds. The van der Waals surface area contributed by atoms with Gasteiger partial charge < -0.3 is 0 Å². The van der Waals surface area contributed by atoms with Gasteiger partial charge in [-0.3, -0.25) is 5.32 Å². The third-order valence-electron chi connectivity index (χ3n) is 1.48. The molecular formula is C9H12N2S. The van der Waals surface area contributed by atoms with Crippen LogP contribution in [-0.2, 0) is 6.54 Å². The van der Waals surface area contributed by atoms with Gasteiger partial charge in [-0.15, -0.1) is 17.8 Å². The molecule has 0 aromatic carbocycles. The van der Waals surface area contributed by atoms with E-state index in [4.69, 9.17) is 6.42 Å². The number of thiazole rings is 1. The molecule has 0 aliphatic carbocycles. The van der Waals surface area contributed by atoms with Gasteiger partial charge in [-0.25, -0.2) is 4.98 Å². The fourth-order valence-corrected chi connectivity index (χ4v) is 1.51. The summed E-state index contributed by atoms with van der Waals surface area (Å²) in [6, 6.07) is 0.120. The third kappa shape index (κ3) is 2.65. The molecule has 1 N–H and O–H groups in total. The van der Waals surface area contributed by atoms with Crippen LogP contribution in [0.1, 0.15) is 17.6 Å². The van der Waals surface area contributed by atoms with Crippen molar-refractivity contribution in [2.24, 2.45) is 0 Å². The highest BCUT2D eigenvalue weighted by molar-refractivity contribution is 7.09. The van der Waals surface area contributed by atoms with Gasteiger partial charge in [0, 0.05) is 17.6 Å². The number of hydrogen-bond acceptors (Lipinski definition) is 3. The molecule has 64 valence electrons. The van der Waals surface area contributed by atoms with E-state index in [0.29, 0.717) is 0 Å². The molecule has 1 unspecified atom stereocenters. The standard InChI is InChI=1S/C9H12N2S/c1-4-7(2)10-5-9-11-8(3)6-12-9/h1,6-7,10H,5H2,2-3H3. The molecule has 0 radical (unpaired) electrons. The van der Waals surface area contributed by atoms with Crippen LogP contribution in [0.4, 0.5) is 0 Å². The number of nitrogens with zero attached hydrogens (tertiary/aromatic N) is 1. The Hall–Kier alpha value is -0.850. The first-order chi connectivity index (χ1) is 5.72. The molecule has 1 atom stereocenters. The second-order valence-electron chi connectivity index (χ2n) is 2.65. The fraction of sp³-hybridized carbons (Fsp3) is 0.444. The minimum Gasteiger partial charge on any atom is -0.297 e. The molecule has 1 aromatic rings. The van der Waals surface area contributed by atoms with Crippen LogP contribution in [0.25, 0.3) is 0 Å². The Morgan fingerprint density at radius 2 is 2.58 bits per heavy atom. The summed E-state index contributed by atoms with van der Waals surface area (Å²) in [5.74, 6) is 2.61. The summed E-state index contributed by atoms with van der Waals surface area (Å²) in [7, 11) is 0. The highest BCUT2D eigenvalue weighted by Gasteiger charge is 1.99. The monoisotopic (exact) mass is 180 g/mol. The van der Waals surface area contributed by atoms with Crippen molar-refractivity contribution < 1.29 is 0 Å². The van der Waals surface area contributed by atoms with Crippen molar-refractivity contribution in [3.63, 3.8) is 0 Å². The lowest BCUT2D eigenvalue weighted by Crippen LogP contribution is -2.23. The Labute approximate surface area is 77.0 Å². The van der Waals surface area contributed by atoms with Gasteiger partial charge in [0.15, 0.2) is 0 Å². The third-order valence-corrected chi connectivity index (χ3v) is 2.44. The van der Waals surface area contributed by atoms with Gasteiger partial charge >= 0.3 is 0 Å². The zero-order chi connectivity index (χ0) is 8.97. The average Bonchev–Trinajstić information content (AvgIpc) is 2.47. The first-order valence-electron chi connectivity index (χ1n) is 3.83. The first-order valence-corrected chi connectivity index (χ1v) is 4.71. The minimum absolute atomic E-state index is 0.120.